The van der Waals surface area contributed by atoms with Crippen LogP contribution in [0.25, 0.3) is 0 Å². The number of sulfonamides is 1. The van der Waals surface area contributed by atoms with E-state index in [0.29, 0.717) is 16.3 Å². The SMILES string of the molecule is CC1(C)CCCC1N=C1NS(=O)(=O)c2ccccc21. The van der Waals surface area contributed by atoms with Gasteiger partial charge in [-0.1, -0.05) is 32.4 Å². The summed E-state index contributed by atoms with van der Waals surface area (Å²) in [5.74, 6) is 0.510. The predicted molar refractivity (Wildman–Crippen MR) is 74.7 cm³/mol. The number of benzene rings is 1. The van der Waals surface area contributed by atoms with Gasteiger partial charge in [0.15, 0.2) is 0 Å². The van der Waals surface area contributed by atoms with E-state index in [0.717, 1.165) is 19.3 Å². The maximum atomic E-state index is 12.0. The van der Waals surface area contributed by atoms with Crippen LogP contribution in [-0.2, 0) is 10.0 Å². The maximum Gasteiger partial charge on any atom is 0.263 e. The molecule has 19 heavy (non-hydrogen) atoms. The Balaban J connectivity index is 2.05. The Morgan fingerprint density at radius 2 is 2.05 bits per heavy atom. The minimum atomic E-state index is -3.41. The summed E-state index contributed by atoms with van der Waals surface area (Å²) in [6.07, 6.45) is 3.33. The molecular formula is C14H18N2O2S. The second kappa shape index (κ2) is 4.07. The fourth-order valence-electron chi connectivity index (χ4n) is 2.93. The third kappa shape index (κ3) is 2.06. The lowest BCUT2D eigenvalue weighted by molar-refractivity contribution is 0.334. The number of amidine groups is 1. The van der Waals surface area contributed by atoms with Crippen molar-refractivity contribution in [3.8, 4) is 0 Å². The first-order valence-corrected chi connectivity index (χ1v) is 8.08. The molecule has 1 N–H and O–H groups in total. The summed E-state index contributed by atoms with van der Waals surface area (Å²) in [4.78, 5) is 5.03. The van der Waals surface area contributed by atoms with Crippen molar-refractivity contribution < 1.29 is 8.42 Å². The molecule has 1 aromatic carbocycles. The highest BCUT2D eigenvalue weighted by Gasteiger charge is 2.37. The van der Waals surface area contributed by atoms with Crippen molar-refractivity contribution in [3.63, 3.8) is 0 Å². The second-order valence-electron chi connectivity index (χ2n) is 5.98. The highest BCUT2D eigenvalue weighted by molar-refractivity contribution is 7.90. The number of aliphatic imine (C=N–C) groups is 1. The quantitative estimate of drug-likeness (QED) is 0.857. The molecule has 0 radical (unpaired) electrons. The molecular weight excluding hydrogens is 260 g/mol. The van der Waals surface area contributed by atoms with E-state index in [1.807, 2.05) is 12.1 Å². The summed E-state index contributed by atoms with van der Waals surface area (Å²) in [6.45, 7) is 4.40. The first-order valence-electron chi connectivity index (χ1n) is 6.60. The van der Waals surface area contributed by atoms with Gasteiger partial charge in [-0.3, -0.25) is 9.71 Å². The highest BCUT2D eigenvalue weighted by Crippen LogP contribution is 2.40. The van der Waals surface area contributed by atoms with Gasteiger partial charge in [0.2, 0.25) is 0 Å². The fraction of sp³-hybridized carbons (Fsp3) is 0.500. The lowest BCUT2D eigenvalue weighted by Gasteiger charge is -2.23. The zero-order chi connectivity index (χ0) is 13.7. The van der Waals surface area contributed by atoms with Crippen LogP contribution in [0.15, 0.2) is 34.2 Å². The number of hydrogen-bond acceptors (Lipinski definition) is 3. The van der Waals surface area contributed by atoms with E-state index in [-0.39, 0.29) is 11.5 Å². The van der Waals surface area contributed by atoms with E-state index in [1.165, 1.54) is 0 Å². The summed E-state index contributed by atoms with van der Waals surface area (Å²) >= 11 is 0. The van der Waals surface area contributed by atoms with Gasteiger partial charge in [-0.25, -0.2) is 8.42 Å². The van der Waals surface area contributed by atoms with Gasteiger partial charge in [-0.15, -0.1) is 0 Å². The molecule has 1 fully saturated rings. The molecule has 5 heteroatoms. The zero-order valence-corrected chi connectivity index (χ0v) is 12.0. The van der Waals surface area contributed by atoms with Crippen molar-refractivity contribution in [2.45, 2.75) is 44.0 Å². The molecule has 1 heterocycles. The van der Waals surface area contributed by atoms with Crippen molar-refractivity contribution >= 4 is 15.9 Å². The molecule has 1 saturated carbocycles. The standard InChI is InChI=1S/C14H18N2O2S/c1-14(2)9-5-8-12(14)15-13-10-6-3-4-7-11(10)19(17,18)16-13/h3-4,6-7,12H,5,8-9H2,1-2H3,(H,15,16). The summed E-state index contributed by atoms with van der Waals surface area (Å²) in [6, 6.07) is 7.21. The lowest BCUT2D eigenvalue weighted by atomic mass is 9.88. The molecule has 3 rings (SSSR count). The molecule has 0 aromatic heterocycles. The fourth-order valence-corrected chi connectivity index (χ4v) is 4.17. The van der Waals surface area contributed by atoms with E-state index < -0.39 is 10.0 Å². The Morgan fingerprint density at radius 3 is 2.74 bits per heavy atom. The predicted octanol–water partition coefficient (Wildman–Crippen LogP) is 2.30. The van der Waals surface area contributed by atoms with Gasteiger partial charge >= 0.3 is 0 Å². The minimum absolute atomic E-state index is 0.149. The Hall–Kier alpha value is -1.36. The normalized spacial score (nSPS) is 29.2. The van der Waals surface area contributed by atoms with Gasteiger partial charge in [0.05, 0.1) is 10.9 Å². The smallest absolute Gasteiger partial charge is 0.263 e. The van der Waals surface area contributed by atoms with Gasteiger partial charge in [0.25, 0.3) is 10.0 Å². The molecule has 102 valence electrons. The van der Waals surface area contributed by atoms with Crippen molar-refractivity contribution in [1.82, 2.24) is 4.72 Å². The summed E-state index contributed by atoms with van der Waals surface area (Å²) in [5, 5.41) is 0. The first-order chi connectivity index (χ1) is 8.90. The average molecular weight is 278 g/mol. The van der Waals surface area contributed by atoms with Gasteiger partial charge in [-0.2, -0.15) is 0 Å². The van der Waals surface area contributed by atoms with Crippen LogP contribution in [0.5, 0.6) is 0 Å². The Kier molecular flexibility index (Phi) is 2.71. The molecule has 0 amide bonds. The van der Waals surface area contributed by atoms with Crippen LogP contribution in [-0.4, -0.2) is 20.3 Å². The van der Waals surface area contributed by atoms with Gasteiger partial charge < -0.3 is 0 Å². The Bertz CT molecular complexity index is 647. The van der Waals surface area contributed by atoms with Crippen LogP contribution in [0, 0.1) is 5.41 Å². The summed E-state index contributed by atoms with van der Waals surface area (Å²) in [7, 11) is -3.41. The van der Waals surface area contributed by atoms with Crippen LogP contribution in [0.3, 0.4) is 0 Å². The van der Waals surface area contributed by atoms with Crippen molar-refractivity contribution in [2.75, 3.05) is 0 Å². The van der Waals surface area contributed by atoms with Crippen LogP contribution >= 0.6 is 0 Å². The lowest BCUT2D eigenvalue weighted by Crippen LogP contribution is -2.28. The third-order valence-corrected chi connectivity index (χ3v) is 5.55. The van der Waals surface area contributed by atoms with E-state index in [9.17, 15) is 8.42 Å². The number of hydrogen-bond donors (Lipinski definition) is 1. The molecule has 1 aliphatic heterocycles. The summed E-state index contributed by atoms with van der Waals surface area (Å²) in [5.41, 5.74) is 0.848. The second-order valence-corrected chi connectivity index (χ2v) is 7.63. The van der Waals surface area contributed by atoms with Crippen molar-refractivity contribution in [1.29, 1.82) is 0 Å². The van der Waals surface area contributed by atoms with Crippen LogP contribution in [0.4, 0.5) is 0 Å². The molecule has 0 saturated heterocycles. The van der Waals surface area contributed by atoms with E-state index >= 15 is 0 Å². The maximum absolute atomic E-state index is 12.0. The zero-order valence-electron chi connectivity index (χ0n) is 11.2. The molecule has 1 atom stereocenters. The summed E-state index contributed by atoms with van der Waals surface area (Å²) < 4.78 is 26.6. The molecule has 2 aliphatic rings. The van der Waals surface area contributed by atoms with E-state index in [4.69, 9.17) is 4.99 Å². The van der Waals surface area contributed by atoms with Crippen LogP contribution in [0.2, 0.25) is 0 Å². The monoisotopic (exact) mass is 278 g/mol. The largest absolute Gasteiger partial charge is 0.263 e. The Labute approximate surface area is 114 Å². The molecule has 1 aliphatic carbocycles. The minimum Gasteiger partial charge on any atom is -0.263 e. The molecule has 1 unspecified atom stereocenters. The van der Waals surface area contributed by atoms with E-state index in [2.05, 4.69) is 18.6 Å². The number of fused-ring (bicyclic) bond motifs is 1. The van der Waals surface area contributed by atoms with E-state index in [1.54, 1.807) is 12.1 Å². The third-order valence-electron chi connectivity index (χ3n) is 4.15. The van der Waals surface area contributed by atoms with Gasteiger partial charge in [0.1, 0.15) is 5.84 Å². The van der Waals surface area contributed by atoms with Crippen LogP contribution in [0.1, 0.15) is 38.7 Å². The average Bonchev–Trinajstić information content (AvgIpc) is 2.79. The first kappa shape index (κ1) is 12.7. The molecule has 0 bridgehead atoms. The molecule has 4 nitrogen and oxygen atoms in total. The number of nitrogens with one attached hydrogen (secondary N) is 1. The molecule has 1 aromatic rings. The van der Waals surface area contributed by atoms with Crippen molar-refractivity contribution in [2.24, 2.45) is 10.4 Å². The molecule has 0 spiro atoms. The number of nitrogens with zero attached hydrogens (tertiary/aromatic N) is 1. The van der Waals surface area contributed by atoms with Gasteiger partial charge in [0, 0.05) is 5.56 Å². The highest BCUT2D eigenvalue weighted by atomic mass is 32.2. The van der Waals surface area contributed by atoms with Crippen molar-refractivity contribution in [3.05, 3.63) is 29.8 Å². The topological polar surface area (TPSA) is 58.5 Å². The van der Waals surface area contributed by atoms with Crippen LogP contribution < -0.4 is 4.72 Å². The van der Waals surface area contributed by atoms with Gasteiger partial charge in [-0.05, 0) is 30.4 Å². The Morgan fingerprint density at radius 1 is 1.32 bits per heavy atom. The number of rotatable bonds is 1.